The number of para-hydroxylation sites is 1. The van der Waals surface area contributed by atoms with Crippen LogP contribution < -0.4 is 0 Å². The molecule has 0 bridgehead atoms. The minimum atomic E-state index is 1.15. The Balaban J connectivity index is 2.17. The number of nitrogens with zero attached hydrogens (tertiary/aromatic N) is 1. The van der Waals surface area contributed by atoms with Gasteiger partial charge in [0.05, 0.1) is 0 Å². The molecule has 0 amide bonds. The summed E-state index contributed by atoms with van der Waals surface area (Å²) in [5.74, 6) is 0. The fourth-order valence-corrected chi connectivity index (χ4v) is 1.87. The number of hydrogen-bond donors (Lipinski definition) is 0. The highest BCUT2D eigenvalue weighted by Gasteiger charge is 1.98. The maximum Gasteiger partial charge on any atom is 0.0480 e. The fourth-order valence-electron chi connectivity index (χ4n) is 1.87. The summed E-state index contributed by atoms with van der Waals surface area (Å²) in [6.45, 7) is 3.40. The summed E-state index contributed by atoms with van der Waals surface area (Å²) >= 11 is 0. The minimum absolute atomic E-state index is 1.15. The van der Waals surface area contributed by atoms with Crippen LogP contribution in [0.5, 0.6) is 0 Å². The van der Waals surface area contributed by atoms with Crippen molar-refractivity contribution in [3.05, 3.63) is 36.5 Å². The third-order valence-corrected chi connectivity index (χ3v) is 2.68. The average Bonchev–Trinajstić information content (AvgIpc) is 2.63. The lowest BCUT2D eigenvalue weighted by molar-refractivity contribution is 0.616. The molecular weight excluding hydrogens is 170 g/mol. The van der Waals surface area contributed by atoms with Crippen LogP contribution in [0.25, 0.3) is 10.9 Å². The molecule has 0 aliphatic heterocycles. The summed E-state index contributed by atoms with van der Waals surface area (Å²) < 4.78 is 2.35. The Morgan fingerprint density at radius 2 is 1.93 bits per heavy atom. The van der Waals surface area contributed by atoms with Gasteiger partial charge in [0.15, 0.2) is 0 Å². The number of benzene rings is 1. The van der Waals surface area contributed by atoms with Crippen LogP contribution in [0, 0.1) is 0 Å². The topological polar surface area (TPSA) is 4.93 Å². The lowest BCUT2D eigenvalue weighted by Gasteiger charge is -2.03. The lowest BCUT2D eigenvalue weighted by Crippen LogP contribution is -1.95. The van der Waals surface area contributed by atoms with Crippen molar-refractivity contribution in [2.24, 2.45) is 0 Å². The van der Waals surface area contributed by atoms with Gasteiger partial charge in [-0.3, -0.25) is 0 Å². The molecule has 0 radical (unpaired) electrons. The van der Waals surface area contributed by atoms with Crippen LogP contribution in [0.2, 0.25) is 0 Å². The van der Waals surface area contributed by atoms with Crippen molar-refractivity contribution in [1.82, 2.24) is 4.57 Å². The van der Waals surface area contributed by atoms with E-state index >= 15 is 0 Å². The van der Waals surface area contributed by atoms with Crippen molar-refractivity contribution in [2.75, 3.05) is 0 Å². The summed E-state index contributed by atoms with van der Waals surface area (Å²) in [4.78, 5) is 0. The molecule has 1 aromatic heterocycles. The lowest BCUT2D eigenvalue weighted by atomic mass is 10.2. The molecule has 0 aliphatic rings. The Morgan fingerprint density at radius 1 is 1.07 bits per heavy atom. The Hall–Kier alpha value is -1.24. The SMILES string of the molecule is CCCCCn1ccc2ccccc21. The van der Waals surface area contributed by atoms with Crippen molar-refractivity contribution in [3.8, 4) is 0 Å². The van der Waals surface area contributed by atoms with E-state index in [1.54, 1.807) is 0 Å². The Kier molecular flexibility index (Phi) is 2.87. The smallest absolute Gasteiger partial charge is 0.0480 e. The van der Waals surface area contributed by atoms with Gasteiger partial charge in [-0.1, -0.05) is 38.0 Å². The second-order valence-corrected chi connectivity index (χ2v) is 3.78. The summed E-state index contributed by atoms with van der Waals surface area (Å²) in [6.07, 6.45) is 6.10. The molecular formula is C13H17N. The van der Waals surface area contributed by atoms with Crippen LogP contribution in [0.15, 0.2) is 36.5 Å². The largest absolute Gasteiger partial charge is 0.347 e. The van der Waals surface area contributed by atoms with Gasteiger partial charge in [0.25, 0.3) is 0 Å². The van der Waals surface area contributed by atoms with Crippen molar-refractivity contribution in [3.63, 3.8) is 0 Å². The second kappa shape index (κ2) is 4.32. The average molecular weight is 187 g/mol. The van der Waals surface area contributed by atoms with E-state index in [0.717, 1.165) is 6.54 Å². The van der Waals surface area contributed by atoms with Gasteiger partial charge >= 0.3 is 0 Å². The highest BCUT2D eigenvalue weighted by atomic mass is 14.9. The van der Waals surface area contributed by atoms with Crippen LogP contribution in [0.3, 0.4) is 0 Å². The van der Waals surface area contributed by atoms with Crippen molar-refractivity contribution in [1.29, 1.82) is 0 Å². The molecule has 0 aliphatic carbocycles. The van der Waals surface area contributed by atoms with E-state index in [9.17, 15) is 0 Å². The first-order chi connectivity index (χ1) is 6.92. The van der Waals surface area contributed by atoms with Crippen LogP contribution in [0.4, 0.5) is 0 Å². The fraction of sp³-hybridized carbons (Fsp3) is 0.385. The number of unbranched alkanes of at least 4 members (excludes halogenated alkanes) is 2. The van der Waals surface area contributed by atoms with E-state index in [1.807, 2.05) is 0 Å². The van der Waals surface area contributed by atoms with Crippen LogP contribution in [-0.2, 0) is 6.54 Å². The Morgan fingerprint density at radius 3 is 2.79 bits per heavy atom. The molecule has 1 heteroatoms. The van der Waals surface area contributed by atoms with Gasteiger partial charge in [-0.15, -0.1) is 0 Å². The standard InChI is InChI=1S/C13H17N/c1-2-3-6-10-14-11-9-12-7-4-5-8-13(12)14/h4-5,7-9,11H,2-3,6,10H2,1H3. The van der Waals surface area contributed by atoms with E-state index in [1.165, 1.54) is 30.2 Å². The first-order valence-corrected chi connectivity index (χ1v) is 5.45. The monoisotopic (exact) mass is 187 g/mol. The molecule has 74 valence electrons. The zero-order valence-electron chi connectivity index (χ0n) is 8.74. The van der Waals surface area contributed by atoms with Gasteiger partial charge in [0.1, 0.15) is 0 Å². The molecule has 0 N–H and O–H groups in total. The molecule has 2 rings (SSSR count). The number of fused-ring (bicyclic) bond motifs is 1. The van der Waals surface area contributed by atoms with Crippen molar-refractivity contribution in [2.45, 2.75) is 32.7 Å². The molecule has 1 nitrogen and oxygen atoms in total. The minimum Gasteiger partial charge on any atom is -0.347 e. The maximum absolute atomic E-state index is 2.35. The normalized spacial score (nSPS) is 10.9. The summed E-state index contributed by atoms with van der Waals surface area (Å²) in [7, 11) is 0. The molecule has 14 heavy (non-hydrogen) atoms. The van der Waals surface area contributed by atoms with Gasteiger partial charge in [0.2, 0.25) is 0 Å². The predicted molar refractivity (Wildman–Crippen MR) is 61.5 cm³/mol. The number of hydrogen-bond acceptors (Lipinski definition) is 0. The Labute approximate surface area is 85.4 Å². The highest BCUT2D eigenvalue weighted by Crippen LogP contribution is 2.15. The molecule has 1 heterocycles. The first kappa shape index (κ1) is 9.32. The van der Waals surface area contributed by atoms with E-state index in [2.05, 4.69) is 48.0 Å². The quantitative estimate of drug-likeness (QED) is 0.641. The van der Waals surface area contributed by atoms with E-state index < -0.39 is 0 Å². The van der Waals surface area contributed by atoms with Gasteiger partial charge in [0, 0.05) is 18.3 Å². The van der Waals surface area contributed by atoms with Gasteiger partial charge in [-0.25, -0.2) is 0 Å². The van der Waals surface area contributed by atoms with Gasteiger partial charge < -0.3 is 4.57 Å². The third kappa shape index (κ3) is 1.82. The molecule has 0 saturated carbocycles. The van der Waals surface area contributed by atoms with Crippen molar-refractivity contribution < 1.29 is 0 Å². The molecule has 1 aromatic carbocycles. The molecule has 2 aromatic rings. The zero-order valence-corrected chi connectivity index (χ0v) is 8.74. The summed E-state index contributed by atoms with van der Waals surface area (Å²) in [6, 6.07) is 10.8. The summed E-state index contributed by atoms with van der Waals surface area (Å²) in [5, 5.41) is 1.35. The predicted octanol–water partition coefficient (Wildman–Crippen LogP) is 3.83. The van der Waals surface area contributed by atoms with Gasteiger partial charge in [-0.05, 0) is 23.9 Å². The van der Waals surface area contributed by atoms with Crippen molar-refractivity contribution >= 4 is 10.9 Å². The summed E-state index contributed by atoms with van der Waals surface area (Å²) in [5.41, 5.74) is 1.36. The highest BCUT2D eigenvalue weighted by molar-refractivity contribution is 5.79. The van der Waals surface area contributed by atoms with Crippen LogP contribution >= 0.6 is 0 Å². The molecule has 0 fully saturated rings. The van der Waals surface area contributed by atoms with E-state index in [4.69, 9.17) is 0 Å². The zero-order chi connectivity index (χ0) is 9.80. The van der Waals surface area contributed by atoms with Crippen LogP contribution in [0.1, 0.15) is 26.2 Å². The second-order valence-electron chi connectivity index (χ2n) is 3.78. The van der Waals surface area contributed by atoms with E-state index in [-0.39, 0.29) is 0 Å². The molecule has 0 atom stereocenters. The molecule has 0 spiro atoms. The first-order valence-electron chi connectivity index (χ1n) is 5.45. The number of aromatic nitrogens is 1. The van der Waals surface area contributed by atoms with Gasteiger partial charge in [-0.2, -0.15) is 0 Å². The third-order valence-electron chi connectivity index (χ3n) is 2.68. The molecule has 0 unspecified atom stereocenters. The van der Waals surface area contributed by atoms with E-state index in [0.29, 0.717) is 0 Å². The molecule has 0 saturated heterocycles. The maximum atomic E-state index is 2.35. The Bertz CT molecular complexity index is 400. The number of rotatable bonds is 4. The number of aryl methyl sites for hydroxylation is 1. The van der Waals surface area contributed by atoms with Crippen LogP contribution in [-0.4, -0.2) is 4.57 Å².